The van der Waals surface area contributed by atoms with Crippen LogP contribution >= 0.6 is 0 Å². The standard InChI is InChI=1S/C17H22N2O3/c1-10-4-5-11(2)13(8-10)14-15(20)17(19-16(14)21)7-6-12(22-3)9-18-17/h4-5,8,12,18,20H,6-7,9H2,1-3H3,(H,19,21). The Labute approximate surface area is 130 Å². The summed E-state index contributed by atoms with van der Waals surface area (Å²) in [6.45, 7) is 4.52. The van der Waals surface area contributed by atoms with Gasteiger partial charge in [-0.3, -0.25) is 10.1 Å². The van der Waals surface area contributed by atoms with Gasteiger partial charge in [-0.1, -0.05) is 23.8 Å². The van der Waals surface area contributed by atoms with Crippen LogP contribution in [0.15, 0.2) is 24.0 Å². The molecule has 1 aromatic carbocycles. The molecule has 1 spiro atoms. The Morgan fingerprint density at radius 2 is 2.14 bits per heavy atom. The molecule has 118 valence electrons. The van der Waals surface area contributed by atoms with Gasteiger partial charge in [0.2, 0.25) is 0 Å². The van der Waals surface area contributed by atoms with E-state index >= 15 is 0 Å². The summed E-state index contributed by atoms with van der Waals surface area (Å²) < 4.78 is 5.33. The molecule has 2 atom stereocenters. The molecule has 3 rings (SSSR count). The zero-order valence-corrected chi connectivity index (χ0v) is 13.2. The molecule has 0 saturated carbocycles. The average molecular weight is 302 g/mol. The quantitative estimate of drug-likeness (QED) is 0.779. The molecule has 2 heterocycles. The monoisotopic (exact) mass is 302 g/mol. The number of aliphatic hydroxyl groups excluding tert-OH is 1. The molecule has 0 aliphatic carbocycles. The summed E-state index contributed by atoms with van der Waals surface area (Å²) in [5, 5.41) is 16.9. The number of benzene rings is 1. The zero-order valence-electron chi connectivity index (χ0n) is 13.2. The normalized spacial score (nSPS) is 28.3. The number of rotatable bonds is 2. The van der Waals surface area contributed by atoms with Crippen molar-refractivity contribution in [3.63, 3.8) is 0 Å². The van der Waals surface area contributed by atoms with Gasteiger partial charge in [0.1, 0.15) is 5.76 Å². The van der Waals surface area contributed by atoms with Crippen molar-refractivity contribution in [1.82, 2.24) is 10.6 Å². The van der Waals surface area contributed by atoms with Crippen molar-refractivity contribution in [2.75, 3.05) is 13.7 Å². The van der Waals surface area contributed by atoms with E-state index in [1.165, 1.54) is 0 Å². The molecule has 2 aliphatic rings. The predicted octanol–water partition coefficient (Wildman–Crippen LogP) is 1.80. The van der Waals surface area contributed by atoms with Crippen LogP contribution in [-0.2, 0) is 9.53 Å². The minimum Gasteiger partial charge on any atom is -0.507 e. The van der Waals surface area contributed by atoms with Crippen LogP contribution in [0.25, 0.3) is 5.57 Å². The molecule has 5 heteroatoms. The van der Waals surface area contributed by atoms with Crippen molar-refractivity contribution < 1.29 is 14.6 Å². The van der Waals surface area contributed by atoms with Crippen LogP contribution in [0.4, 0.5) is 0 Å². The van der Waals surface area contributed by atoms with E-state index in [0.717, 1.165) is 23.1 Å². The van der Waals surface area contributed by atoms with Gasteiger partial charge in [-0.25, -0.2) is 0 Å². The highest BCUT2D eigenvalue weighted by atomic mass is 16.5. The zero-order chi connectivity index (χ0) is 15.9. The molecule has 0 radical (unpaired) electrons. The SMILES string of the molecule is COC1CCC2(NC1)NC(=O)C(c1cc(C)ccc1C)=C2O. The molecule has 2 unspecified atom stereocenters. The molecule has 1 amide bonds. The second-order valence-corrected chi connectivity index (χ2v) is 6.18. The minimum absolute atomic E-state index is 0.0979. The Morgan fingerprint density at radius 1 is 1.36 bits per heavy atom. The maximum Gasteiger partial charge on any atom is 0.257 e. The number of methoxy groups -OCH3 is 1. The van der Waals surface area contributed by atoms with E-state index in [4.69, 9.17) is 4.74 Å². The van der Waals surface area contributed by atoms with Gasteiger partial charge < -0.3 is 15.2 Å². The van der Waals surface area contributed by atoms with Gasteiger partial charge in [0, 0.05) is 13.7 Å². The second-order valence-electron chi connectivity index (χ2n) is 6.18. The number of hydrogen-bond acceptors (Lipinski definition) is 4. The van der Waals surface area contributed by atoms with Gasteiger partial charge in [-0.2, -0.15) is 0 Å². The number of carbonyl (C=O) groups excluding carboxylic acids is 1. The lowest BCUT2D eigenvalue weighted by molar-refractivity contribution is -0.117. The van der Waals surface area contributed by atoms with Crippen molar-refractivity contribution in [2.24, 2.45) is 0 Å². The molecule has 1 aromatic rings. The fourth-order valence-corrected chi connectivity index (χ4v) is 3.26. The van der Waals surface area contributed by atoms with E-state index in [9.17, 15) is 9.90 Å². The number of nitrogens with one attached hydrogen (secondary N) is 2. The third kappa shape index (κ3) is 2.30. The van der Waals surface area contributed by atoms with E-state index in [1.807, 2.05) is 32.0 Å². The van der Waals surface area contributed by atoms with Gasteiger partial charge in [0.15, 0.2) is 5.66 Å². The molecule has 1 fully saturated rings. The average Bonchev–Trinajstić information content (AvgIpc) is 2.74. The molecule has 2 aliphatic heterocycles. The highest BCUT2D eigenvalue weighted by molar-refractivity contribution is 6.23. The number of carbonyl (C=O) groups is 1. The van der Waals surface area contributed by atoms with Crippen LogP contribution in [0.2, 0.25) is 0 Å². The largest absolute Gasteiger partial charge is 0.507 e. The van der Waals surface area contributed by atoms with Gasteiger partial charge in [0.05, 0.1) is 11.7 Å². The topological polar surface area (TPSA) is 70.6 Å². The molecular formula is C17H22N2O3. The Morgan fingerprint density at radius 3 is 2.77 bits per heavy atom. The molecule has 22 heavy (non-hydrogen) atoms. The fraction of sp³-hybridized carbons (Fsp3) is 0.471. The van der Waals surface area contributed by atoms with Crippen LogP contribution in [0.3, 0.4) is 0 Å². The Hall–Kier alpha value is -1.85. The van der Waals surface area contributed by atoms with Crippen LogP contribution < -0.4 is 10.6 Å². The summed E-state index contributed by atoms with van der Waals surface area (Å²) in [7, 11) is 1.68. The molecule has 3 N–H and O–H groups in total. The first-order chi connectivity index (χ1) is 10.5. The predicted molar refractivity (Wildman–Crippen MR) is 84.4 cm³/mol. The molecule has 0 bridgehead atoms. The maximum atomic E-state index is 12.5. The highest BCUT2D eigenvalue weighted by Gasteiger charge is 2.48. The summed E-state index contributed by atoms with van der Waals surface area (Å²) >= 11 is 0. The van der Waals surface area contributed by atoms with Gasteiger partial charge in [0.25, 0.3) is 5.91 Å². The lowest BCUT2D eigenvalue weighted by atomic mass is 9.92. The number of piperidine rings is 1. The lowest BCUT2D eigenvalue weighted by Crippen LogP contribution is -2.61. The van der Waals surface area contributed by atoms with E-state index in [2.05, 4.69) is 10.6 Å². The van der Waals surface area contributed by atoms with Crippen molar-refractivity contribution in [3.8, 4) is 0 Å². The first kappa shape index (κ1) is 15.1. The summed E-state index contributed by atoms with van der Waals surface area (Å²) in [6, 6.07) is 5.92. The van der Waals surface area contributed by atoms with Crippen molar-refractivity contribution in [3.05, 3.63) is 40.6 Å². The van der Waals surface area contributed by atoms with E-state index in [1.54, 1.807) is 7.11 Å². The molecule has 5 nitrogen and oxygen atoms in total. The summed E-state index contributed by atoms with van der Waals surface area (Å²) in [5.74, 6) is -0.129. The number of aryl methyl sites for hydroxylation is 2. The first-order valence-electron chi connectivity index (χ1n) is 7.58. The van der Waals surface area contributed by atoms with Crippen LogP contribution in [0.1, 0.15) is 29.5 Å². The molecular weight excluding hydrogens is 280 g/mol. The van der Waals surface area contributed by atoms with Gasteiger partial charge in [-0.15, -0.1) is 0 Å². The van der Waals surface area contributed by atoms with Crippen molar-refractivity contribution in [1.29, 1.82) is 0 Å². The summed E-state index contributed by atoms with van der Waals surface area (Å²) in [5.41, 5.74) is 2.36. The van der Waals surface area contributed by atoms with Crippen LogP contribution in [0, 0.1) is 13.8 Å². The van der Waals surface area contributed by atoms with Crippen molar-refractivity contribution >= 4 is 11.5 Å². The molecule has 0 aromatic heterocycles. The third-order valence-electron chi connectivity index (χ3n) is 4.66. The molecule has 1 saturated heterocycles. The summed E-state index contributed by atoms with van der Waals surface area (Å²) in [4.78, 5) is 12.5. The lowest BCUT2D eigenvalue weighted by Gasteiger charge is -2.37. The first-order valence-corrected chi connectivity index (χ1v) is 7.58. The second kappa shape index (κ2) is 5.41. The third-order valence-corrected chi connectivity index (χ3v) is 4.66. The Kier molecular flexibility index (Phi) is 3.70. The fourth-order valence-electron chi connectivity index (χ4n) is 3.26. The number of ether oxygens (including phenoxy) is 1. The van der Waals surface area contributed by atoms with Crippen LogP contribution in [0.5, 0.6) is 0 Å². The van der Waals surface area contributed by atoms with Gasteiger partial charge in [-0.05, 0) is 37.8 Å². The van der Waals surface area contributed by atoms with Crippen LogP contribution in [-0.4, -0.2) is 36.4 Å². The Balaban J connectivity index is 2.00. The number of hydrogen-bond donors (Lipinski definition) is 3. The summed E-state index contributed by atoms with van der Waals surface area (Å²) in [6.07, 6.45) is 1.51. The minimum atomic E-state index is -0.850. The highest BCUT2D eigenvalue weighted by Crippen LogP contribution is 2.36. The van der Waals surface area contributed by atoms with Crippen molar-refractivity contribution in [2.45, 2.75) is 38.5 Å². The Bertz CT molecular complexity index is 643. The van der Waals surface area contributed by atoms with Gasteiger partial charge >= 0.3 is 0 Å². The number of aliphatic hydroxyl groups is 1. The smallest absolute Gasteiger partial charge is 0.257 e. The number of amides is 1. The van der Waals surface area contributed by atoms with E-state index < -0.39 is 5.66 Å². The maximum absolute atomic E-state index is 12.5. The van der Waals surface area contributed by atoms with E-state index in [0.29, 0.717) is 18.5 Å². The van der Waals surface area contributed by atoms with E-state index in [-0.39, 0.29) is 17.8 Å².